The molecule has 0 aromatic heterocycles. The van der Waals surface area contributed by atoms with Gasteiger partial charge in [-0.15, -0.1) is 0 Å². The molecule has 0 bridgehead atoms. The molecule has 1 saturated carbocycles. The van der Waals surface area contributed by atoms with Gasteiger partial charge in [-0.25, -0.2) is 8.42 Å². The molecule has 0 heterocycles. The molecule has 1 atom stereocenters. The first-order chi connectivity index (χ1) is 17.9. The highest BCUT2D eigenvalue weighted by molar-refractivity contribution is 7.92. The molecule has 38 heavy (non-hydrogen) atoms. The highest BCUT2D eigenvalue weighted by Crippen LogP contribution is 2.27. The van der Waals surface area contributed by atoms with Crippen LogP contribution in [0.25, 0.3) is 0 Å². The Kier molecular flexibility index (Phi) is 10.5. The van der Waals surface area contributed by atoms with E-state index in [9.17, 15) is 18.0 Å². The molecular formula is C28H37Cl2N3O4S. The Morgan fingerprint density at radius 1 is 1.05 bits per heavy atom. The summed E-state index contributed by atoms with van der Waals surface area (Å²) in [6, 6.07) is 9.64. The monoisotopic (exact) mass is 581 g/mol. The van der Waals surface area contributed by atoms with Crippen molar-refractivity contribution in [1.29, 1.82) is 0 Å². The molecule has 2 amide bonds. The summed E-state index contributed by atoms with van der Waals surface area (Å²) >= 11 is 12.5. The molecule has 0 aliphatic heterocycles. The summed E-state index contributed by atoms with van der Waals surface area (Å²) in [4.78, 5) is 28.8. The molecule has 1 unspecified atom stereocenters. The highest BCUT2D eigenvalue weighted by atomic mass is 35.5. The van der Waals surface area contributed by atoms with Crippen LogP contribution in [0.5, 0.6) is 0 Å². The number of aryl methyl sites for hydroxylation is 2. The summed E-state index contributed by atoms with van der Waals surface area (Å²) in [5.41, 5.74) is 2.76. The van der Waals surface area contributed by atoms with Crippen LogP contribution in [0.1, 0.15) is 62.1 Å². The van der Waals surface area contributed by atoms with Crippen LogP contribution in [0.3, 0.4) is 0 Å². The Morgan fingerprint density at radius 2 is 1.74 bits per heavy atom. The van der Waals surface area contributed by atoms with Crippen molar-refractivity contribution in [2.75, 3.05) is 17.1 Å². The van der Waals surface area contributed by atoms with Crippen LogP contribution in [-0.4, -0.2) is 50.0 Å². The van der Waals surface area contributed by atoms with Gasteiger partial charge in [0.2, 0.25) is 21.8 Å². The summed E-state index contributed by atoms with van der Waals surface area (Å²) in [6.07, 6.45) is 6.53. The van der Waals surface area contributed by atoms with Crippen molar-refractivity contribution in [3.05, 3.63) is 63.1 Å². The number of nitrogens with zero attached hydrogens (tertiary/aromatic N) is 2. The van der Waals surface area contributed by atoms with Gasteiger partial charge in [0.25, 0.3) is 0 Å². The molecule has 0 saturated heterocycles. The average Bonchev–Trinajstić information content (AvgIpc) is 2.84. The fourth-order valence-corrected chi connectivity index (χ4v) is 6.35. The number of sulfonamides is 1. The fraction of sp³-hybridized carbons (Fsp3) is 0.500. The number of rotatable bonds is 10. The van der Waals surface area contributed by atoms with E-state index in [0.29, 0.717) is 27.7 Å². The van der Waals surface area contributed by atoms with Crippen LogP contribution >= 0.6 is 23.2 Å². The second kappa shape index (κ2) is 13.2. The minimum atomic E-state index is -3.80. The summed E-state index contributed by atoms with van der Waals surface area (Å²) in [5, 5.41) is 3.95. The minimum absolute atomic E-state index is 0.0376. The smallest absolute Gasteiger partial charge is 0.244 e. The van der Waals surface area contributed by atoms with E-state index < -0.39 is 28.5 Å². The third-order valence-corrected chi connectivity index (χ3v) is 8.71. The average molecular weight is 583 g/mol. The maximum absolute atomic E-state index is 13.9. The lowest BCUT2D eigenvalue weighted by atomic mass is 9.95. The largest absolute Gasteiger partial charge is 0.352 e. The van der Waals surface area contributed by atoms with Gasteiger partial charge in [0, 0.05) is 22.6 Å². The van der Waals surface area contributed by atoms with Crippen molar-refractivity contribution in [2.45, 2.75) is 77.9 Å². The number of nitrogens with one attached hydrogen (secondary N) is 1. The maximum atomic E-state index is 13.9. The van der Waals surface area contributed by atoms with Crippen molar-refractivity contribution in [1.82, 2.24) is 10.2 Å². The Bertz CT molecular complexity index is 1260. The lowest BCUT2D eigenvalue weighted by Gasteiger charge is -2.34. The molecule has 1 fully saturated rings. The molecular weight excluding hydrogens is 545 g/mol. The Hall–Kier alpha value is -2.29. The third kappa shape index (κ3) is 7.87. The summed E-state index contributed by atoms with van der Waals surface area (Å²) in [7, 11) is -3.80. The predicted molar refractivity (Wildman–Crippen MR) is 154 cm³/mol. The van der Waals surface area contributed by atoms with Gasteiger partial charge < -0.3 is 10.2 Å². The third-order valence-electron chi connectivity index (χ3n) is 6.99. The molecule has 3 rings (SSSR count). The number of halogens is 2. The van der Waals surface area contributed by atoms with Crippen LogP contribution < -0.4 is 9.62 Å². The van der Waals surface area contributed by atoms with Gasteiger partial charge in [0.1, 0.15) is 12.6 Å². The lowest BCUT2D eigenvalue weighted by molar-refractivity contribution is -0.140. The first-order valence-corrected chi connectivity index (χ1v) is 15.6. The van der Waals surface area contributed by atoms with E-state index in [2.05, 4.69) is 5.32 Å². The Balaban J connectivity index is 1.96. The van der Waals surface area contributed by atoms with Gasteiger partial charge in [-0.1, -0.05) is 73.2 Å². The molecule has 208 valence electrons. The fourth-order valence-electron chi connectivity index (χ4n) is 4.98. The van der Waals surface area contributed by atoms with Gasteiger partial charge in [-0.3, -0.25) is 13.9 Å². The van der Waals surface area contributed by atoms with E-state index in [1.54, 1.807) is 24.3 Å². The van der Waals surface area contributed by atoms with Crippen molar-refractivity contribution in [2.24, 2.45) is 0 Å². The van der Waals surface area contributed by atoms with Crippen LogP contribution in [0.15, 0.2) is 36.4 Å². The first kappa shape index (κ1) is 30.3. The standard InChI is InChI=1S/C28H37Cl2N3O4S/c1-5-25(28(35)31-23-9-7-6-8-10-23)32(17-21-12-13-22(29)16-24(21)30)27(34)18-33(38(4,36)37)26-14-11-19(2)15-20(26)3/h11-16,23,25H,5-10,17-18H2,1-4H3,(H,31,35). The molecule has 1 aliphatic rings. The first-order valence-electron chi connectivity index (χ1n) is 13.0. The van der Waals surface area contributed by atoms with Gasteiger partial charge in [-0.05, 0) is 62.4 Å². The lowest BCUT2D eigenvalue weighted by Crippen LogP contribution is -2.54. The van der Waals surface area contributed by atoms with Crippen molar-refractivity contribution in [3.8, 4) is 0 Å². The van der Waals surface area contributed by atoms with Gasteiger partial charge in [-0.2, -0.15) is 0 Å². The SMILES string of the molecule is CCC(C(=O)NC1CCCCC1)N(Cc1ccc(Cl)cc1Cl)C(=O)CN(c1ccc(C)cc1C)S(C)(=O)=O. The second-order valence-corrected chi connectivity index (χ2v) is 12.8. The predicted octanol–water partition coefficient (Wildman–Crippen LogP) is 5.63. The normalized spacial score (nSPS) is 15.1. The minimum Gasteiger partial charge on any atom is -0.352 e. The zero-order valence-corrected chi connectivity index (χ0v) is 24.8. The highest BCUT2D eigenvalue weighted by Gasteiger charge is 2.33. The molecule has 0 radical (unpaired) electrons. The molecule has 0 spiro atoms. The van der Waals surface area contributed by atoms with E-state index >= 15 is 0 Å². The van der Waals surface area contributed by atoms with Crippen LogP contribution in [0.2, 0.25) is 10.0 Å². The van der Waals surface area contributed by atoms with E-state index in [1.807, 2.05) is 32.9 Å². The van der Waals surface area contributed by atoms with E-state index in [4.69, 9.17) is 23.2 Å². The number of amides is 2. The van der Waals surface area contributed by atoms with Crippen molar-refractivity contribution >= 4 is 50.7 Å². The molecule has 2 aromatic carbocycles. The van der Waals surface area contributed by atoms with E-state index in [1.165, 1.54) is 4.90 Å². The number of benzene rings is 2. The van der Waals surface area contributed by atoms with Crippen LogP contribution in [0.4, 0.5) is 5.69 Å². The Labute approximate surface area is 236 Å². The maximum Gasteiger partial charge on any atom is 0.244 e. The van der Waals surface area contributed by atoms with Crippen molar-refractivity contribution < 1.29 is 18.0 Å². The zero-order chi connectivity index (χ0) is 28.0. The number of hydrogen-bond acceptors (Lipinski definition) is 4. The van der Waals surface area contributed by atoms with Gasteiger partial charge in [0.15, 0.2) is 0 Å². The summed E-state index contributed by atoms with van der Waals surface area (Å²) < 4.78 is 26.8. The number of anilines is 1. The zero-order valence-electron chi connectivity index (χ0n) is 22.5. The summed E-state index contributed by atoms with van der Waals surface area (Å²) in [6.45, 7) is 5.16. The second-order valence-electron chi connectivity index (χ2n) is 10.1. The van der Waals surface area contributed by atoms with Crippen LogP contribution in [-0.2, 0) is 26.2 Å². The van der Waals surface area contributed by atoms with E-state index in [0.717, 1.165) is 53.8 Å². The Morgan fingerprint density at radius 3 is 2.32 bits per heavy atom. The van der Waals surface area contributed by atoms with Gasteiger partial charge >= 0.3 is 0 Å². The van der Waals surface area contributed by atoms with E-state index in [-0.39, 0.29) is 18.5 Å². The van der Waals surface area contributed by atoms with Gasteiger partial charge in [0.05, 0.1) is 11.9 Å². The molecule has 7 nitrogen and oxygen atoms in total. The van der Waals surface area contributed by atoms with Crippen molar-refractivity contribution in [3.63, 3.8) is 0 Å². The molecule has 1 N–H and O–H groups in total. The molecule has 2 aromatic rings. The number of carbonyl (C=O) groups excluding carboxylic acids is 2. The summed E-state index contributed by atoms with van der Waals surface area (Å²) in [5.74, 6) is -0.734. The molecule has 10 heteroatoms. The van der Waals surface area contributed by atoms with Crippen LogP contribution in [0, 0.1) is 13.8 Å². The quantitative estimate of drug-likeness (QED) is 0.393. The molecule has 1 aliphatic carbocycles. The topological polar surface area (TPSA) is 86.8 Å². The number of carbonyl (C=O) groups is 2. The number of hydrogen-bond donors (Lipinski definition) is 1.